The number of carbonyl (C=O) groups excluding carboxylic acids is 2. The van der Waals surface area contributed by atoms with Crippen LogP contribution in [0.5, 0.6) is 5.75 Å². The van der Waals surface area contributed by atoms with E-state index in [0.717, 1.165) is 10.0 Å². The minimum absolute atomic E-state index is 0.0966. The summed E-state index contributed by atoms with van der Waals surface area (Å²) in [4.78, 5) is 24.1. The van der Waals surface area contributed by atoms with E-state index in [-0.39, 0.29) is 24.3 Å². The van der Waals surface area contributed by atoms with Gasteiger partial charge in [0.15, 0.2) is 6.61 Å². The monoisotopic (exact) mass is 448 g/mol. The van der Waals surface area contributed by atoms with Gasteiger partial charge in [0.25, 0.3) is 11.8 Å². The lowest BCUT2D eigenvalue weighted by molar-refractivity contribution is -0.118. The van der Waals surface area contributed by atoms with Gasteiger partial charge < -0.3 is 20.1 Å². The van der Waals surface area contributed by atoms with Crippen LogP contribution in [0.4, 0.5) is 5.69 Å². The van der Waals surface area contributed by atoms with Crippen LogP contribution in [0.3, 0.4) is 0 Å². The Morgan fingerprint density at radius 3 is 2.46 bits per heavy atom. The van der Waals surface area contributed by atoms with E-state index in [0.29, 0.717) is 30.2 Å². The van der Waals surface area contributed by atoms with Crippen LogP contribution in [0.25, 0.3) is 0 Å². The number of rotatable bonds is 9. The Morgan fingerprint density at radius 1 is 1.11 bits per heavy atom. The predicted molar refractivity (Wildman–Crippen MR) is 113 cm³/mol. The van der Waals surface area contributed by atoms with E-state index in [1.807, 2.05) is 18.2 Å². The van der Waals surface area contributed by atoms with Crippen LogP contribution in [0.15, 0.2) is 46.9 Å². The highest BCUT2D eigenvalue weighted by molar-refractivity contribution is 9.10. The molecular formula is C21H25BrN2O4. The molecule has 0 aliphatic carbocycles. The second-order valence-electron chi connectivity index (χ2n) is 6.50. The molecule has 2 rings (SSSR count). The van der Waals surface area contributed by atoms with Gasteiger partial charge in [0.05, 0.1) is 6.61 Å². The number of halogens is 1. The first-order valence-electron chi connectivity index (χ1n) is 9.00. The lowest BCUT2D eigenvalue weighted by Crippen LogP contribution is -2.26. The van der Waals surface area contributed by atoms with Crippen molar-refractivity contribution in [1.29, 1.82) is 0 Å². The summed E-state index contributed by atoms with van der Waals surface area (Å²) in [5, 5.41) is 5.51. The van der Waals surface area contributed by atoms with Crippen LogP contribution < -0.4 is 15.4 Å². The minimum atomic E-state index is -0.269. The van der Waals surface area contributed by atoms with E-state index >= 15 is 0 Å². The summed E-state index contributed by atoms with van der Waals surface area (Å²) in [7, 11) is 1.58. The number of benzene rings is 2. The van der Waals surface area contributed by atoms with Crippen molar-refractivity contribution in [3.05, 3.63) is 58.1 Å². The standard InChI is InChI=1S/C21H25BrN2O4/c1-14(2)18-12-16(22)6-9-19(18)28-13-20(25)24-17-7-4-15(5-8-17)21(26)23-10-11-27-3/h4-9,12,14H,10-11,13H2,1-3H3,(H,23,26)(H,24,25). The highest BCUT2D eigenvalue weighted by Crippen LogP contribution is 2.29. The van der Waals surface area contributed by atoms with Crippen LogP contribution in [0.1, 0.15) is 35.7 Å². The van der Waals surface area contributed by atoms with Crippen LogP contribution in [0, 0.1) is 0 Å². The molecule has 0 heterocycles. The molecule has 28 heavy (non-hydrogen) atoms. The van der Waals surface area contributed by atoms with E-state index in [4.69, 9.17) is 9.47 Å². The molecule has 0 saturated carbocycles. The SMILES string of the molecule is COCCNC(=O)c1ccc(NC(=O)COc2ccc(Br)cc2C(C)C)cc1. The third-order valence-electron chi connectivity index (χ3n) is 3.98. The number of anilines is 1. The average Bonchev–Trinajstić information content (AvgIpc) is 2.67. The zero-order valence-corrected chi connectivity index (χ0v) is 17.8. The lowest BCUT2D eigenvalue weighted by atomic mass is 10.0. The highest BCUT2D eigenvalue weighted by Gasteiger charge is 2.11. The number of hydrogen-bond acceptors (Lipinski definition) is 4. The Labute approximate surface area is 173 Å². The normalized spacial score (nSPS) is 10.6. The Kier molecular flexibility index (Phi) is 8.47. The van der Waals surface area contributed by atoms with Gasteiger partial charge in [-0.3, -0.25) is 9.59 Å². The van der Waals surface area contributed by atoms with Gasteiger partial charge >= 0.3 is 0 Å². The molecule has 2 N–H and O–H groups in total. The molecule has 0 fully saturated rings. The quantitative estimate of drug-likeness (QED) is 0.569. The first-order chi connectivity index (χ1) is 13.4. The summed E-state index contributed by atoms with van der Waals surface area (Å²) in [6.45, 7) is 4.94. The summed E-state index contributed by atoms with van der Waals surface area (Å²) >= 11 is 3.45. The zero-order valence-electron chi connectivity index (χ0n) is 16.3. The van der Waals surface area contributed by atoms with E-state index in [1.54, 1.807) is 31.4 Å². The first kappa shape index (κ1) is 21.9. The highest BCUT2D eigenvalue weighted by atomic mass is 79.9. The summed E-state index contributed by atoms with van der Waals surface area (Å²) in [6, 6.07) is 12.4. The van der Waals surface area contributed by atoms with Gasteiger partial charge in [-0.1, -0.05) is 29.8 Å². The van der Waals surface area contributed by atoms with Crippen molar-refractivity contribution >= 4 is 33.4 Å². The fourth-order valence-corrected chi connectivity index (χ4v) is 2.89. The Balaban J connectivity index is 1.89. The van der Waals surface area contributed by atoms with Crippen molar-refractivity contribution in [2.75, 3.05) is 32.2 Å². The Hall–Kier alpha value is -2.38. The maximum atomic E-state index is 12.2. The largest absolute Gasteiger partial charge is 0.483 e. The third-order valence-corrected chi connectivity index (χ3v) is 4.47. The molecule has 2 amide bonds. The molecule has 0 atom stereocenters. The zero-order chi connectivity index (χ0) is 20.5. The molecule has 150 valence electrons. The van der Waals surface area contributed by atoms with Crippen molar-refractivity contribution < 1.29 is 19.1 Å². The molecule has 6 nitrogen and oxygen atoms in total. The second kappa shape index (κ2) is 10.8. The van der Waals surface area contributed by atoms with Crippen LogP contribution in [-0.2, 0) is 9.53 Å². The molecule has 0 unspecified atom stereocenters. The molecule has 0 saturated heterocycles. The molecule has 7 heteroatoms. The number of amides is 2. The second-order valence-corrected chi connectivity index (χ2v) is 7.42. The minimum Gasteiger partial charge on any atom is -0.483 e. The van der Waals surface area contributed by atoms with Gasteiger partial charge in [0.2, 0.25) is 0 Å². The molecule has 0 spiro atoms. The summed E-state index contributed by atoms with van der Waals surface area (Å²) in [5.41, 5.74) is 2.15. The van der Waals surface area contributed by atoms with Gasteiger partial charge in [0.1, 0.15) is 5.75 Å². The number of hydrogen-bond donors (Lipinski definition) is 2. The topological polar surface area (TPSA) is 76.7 Å². The first-order valence-corrected chi connectivity index (χ1v) is 9.79. The molecule has 2 aromatic rings. The lowest BCUT2D eigenvalue weighted by Gasteiger charge is -2.14. The summed E-state index contributed by atoms with van der Waals surface area (Å²) < 4.78 is 11.6. The van der Waals surface area contributed by atoms with Gasteiger partial charge in [-0.2, -0.15) is 0 Å². The molecule has 0 aliphatic rings. The third kappa shape index (κ3) is 6.65. The number of ether oxygens (including phenoxy) is 2. The van der Waals surface area contributed by atoms with Crippen molar-refractivity contribution in [1.82, 2.24) is 5.32 Å². The average molecular weight is 449 g/mol. The number of methoxy groups -OCH3 is 1. The van der Waals surface area contributed by atoms with Gasteiger partial charge in [-0.25, -0.2) is 0 Å². The van der Waals surface area contributed by atoms with E-state index in [2.05, 4.69) is 40.4 Å². The van der Waals surface area contributed by atoms with E-state index in [1.165, 1.54) is 0 Å². The fourth-order valence-electron chi connectivity index (χ4n) is 2.52. The summed E-state index contributed by atoms with van der Waals surface area (Å²) in [5.74, 6) is 0.513. The molecule has 0 bridgehead atoms. The molecular weight excluding hydrogens is 424 g/mol. The maximum Gasteiger partial charge on any atom is 0.262 e. The molecule has 0 aliphatic heterocycles. The van der Waals surface area contributed by atoms with Crippen molar-refractivity contribution in [3.63, 3.8) is 0 Å². The molecule has 0 aromatic heterocycles. The van der Waals surface area contributed by atoms with Crippen LogP contribution >= 0.6 is 15.9 Å². The fraction of sp³-hybridized carbons (Fsp3) is 0.333. The van der Waals surface area contributed by atoms with Crippen LogP contribution in [0.2, 0.25) is 0 Å². The van der Waals surface area contributed by atoms with Crippen LogP contribution in [-0.4, -0.2) is 38.7 Å². The number of nitrogens with one attached hydrogen (secondary N) is 2. The van der Waals surface area contributed by atoms with Crippen molar-refractivity contribution in [2.45, 2.75) is 19.8 Å². The van der Waals surface area contributed by atoms with Gasteiger partial charge in [-0.15, -0.1) is 0 Å². The molecule has 0 radical (unpaired) electrons. The predicted octanol–water partition coefficient (Wildman–Crippen LogP) is 3.97. The smallest absolute Gasteiger partial charge is 0.262 e. The molecule has 2 aromatic carbocycles. The summed E-state index contributed by atoms with van der Waals surface area (Å²) in [6.07, 6.45) is 0. The van der Waals surface area contributed by atoms with Gasteiger partial charge in [-0.05, 0) is 53.9 Å². The van der Waals surface area contributed by atoms with Crippen molar-refractivity contribution in [3.8, 4) is 5.75 Å². The van der Waals surface area contributed by atoms with Crippen molar-refractivity contribution in [2.24, 2.45) is 0 Å². The Bertz CT molecular complexity index is 807. The Morgan fingerprint density at radius 2 is 1.82 bits per heavy atom. The van der Waals surface area contributed by atoms with E-state index in [9.17, 15) is 9.59 Å². The van der Waals surface area contributed by atoms with E-state index < -0.39 is 0 Å². The van der Waals surface area contributed by atoms with Gasteiger partial charge in [0, 0.05) is 29.4 Å². The maximum absolute atomic E-state index is 12.2. The number of carbonyl (C=O) groups is 2.